The van der Waals surface area contributed by atoms with E-state index in [0.717, 1.165) is 19.1 Å². The molecule has 4 N–H and O–H groups in total. The van der Waals surface area contributed by atoms with E-state index >= 15 is 0 Å². The Balaban J connectivity index is 1.82. The lowest BCUT2D eigenvalue weighted by Gasteiger charge is -2.23. The lowest BCUT2D eigenvalue weighted by Crippen LogP contribution is -2.24. The highest BCUT2D eigenvalue weighted by atomic mass is 16.1. The van der Waals surface area contributed by atoms with Crippen molar-refractivity contribution in [3.8, 4) is 0 Å². The molecule has 1 saturated carbocycles. The summed E-state index contributed by atoms with van der Waals surface area (Å²) in [5.41, 5.74) is 6.74. The summed E-state index contributed by atoms with van der Waals surface area (Å²) < 4.78 is 0. The molecule has 25 heavy (non-hydrogen) atoms. The van der Waals surface area contributed by atoms with Crippen LogP contribution in [0.1, 0.15) is 53.0 Å². The summed E-state index contributed by atoms with van der Waals surface area (Å²) in [5.74, 6) is 0.264. The Morgan fingerprint density at radius 3 is 2.52 bits per heavy atom. The molecule has 2 aromatic rings. The molecule has 1 fully saturated rings. The number of nitrogens with zero attached hydrogens (tertiary/aromatic N) is 2. The first-order valence-electron chi connectivity index (χ1n) is 8.41. The highest BCUT2D eigenvalue weighted by Crippen LogP contribution is 2.23. The van der Waals surface area contributed by atoms with E-state index in [1.165, 1.54) is 25.5 Å². The third kappa shape index (κ3) is 4.32. The molecule has 0 radical (unpaired) electrons. The summed E-state index contributed by atoms with van der Waals surface area (Å²) in [6.07, 6.45) is 8.21. The molecule has 0 bridgehead atoms. The topological polar surface area (TPSA) is 110 Å². The first-order chi connectivity index (χ1) is 12.2. The molecule has 1 amide bonds. The monoisotopic (exact) mass is 339 g/mol. The number of rotatable bonds is 6. The van der Waals surface area contributed by atoms with Crippen molar-refractivity contribution in [1.82, 2.24) is 9.97 Å². The SMILES string of the molecule is NC(=O)c1ncc(NC2CCCCC2)nc1Nc1ccc(C=O)cc1. The lowest BCUT2D eigenvalue weighted by atomic mass is 9.96. The molecule has 7 heteroatoms. The van der Waals surface area contributed by atoms with Crippen LogP contribution in [0.5, 0.6) is 0 Å². The molecule has 0 spiro atoms. The van der Waals surface area contributed by atoms with Gasteiger partial charge in [-0.3, -0.25) is 9.59 Å². The van der Waals surface area contributed by atoms with Crippen LogP contribution in [0.25, 0.3) is 0 Å². The standard InChI is InChI=1S/C18H21N5O2/c19-17(25)16-18(22-14-8-6-12(11-24)7-9-14)23-15(10-20-16)21-13-4-2-1-3-5-13/h6-11,13H,1-5H2,(H2,19,25)(H2,21,22,23). The number of nitrogens with one attached hydrogen (secondary N) is 2. The first-order valence-corrected chi connectivity index (χ1v) is 8.41. The summed E-state index contributed by atoms with van der Waals surface area (Å²) >= 11 is 0. The maximum absolute atomic E-state index is 11.6. The Morgan fingerprint density at radius 1 is 1.16 bits per heavy atom. The fraction of sp³-hybridized carbons (Fsp3) is 0.333. The van der Waals surface area contributed by atoms with Gasteiger partial charge in [0.15, 0.2) is 11.5 Å². The minimum atomic E-state index is -0.649. The summed E-state index contributed by atoms with van der Waals surface area (Å²) in [6.45, 7) is 0. The van der Waals surface area contributed by atoms with Crippen LogP contribution in [0.2, 0.25) is 0 Å². The molecule has 0 unspecified atom stereocenters. The highest BCUT2D eigenvalue weighted by Gasteiger charge is 2.17. The Morgan fingerprint density at radius 2 is 1.88 bits per heavy atom. The Kier molecular flexibility index (Phi) is 5.23. The van der Waals surface area contributed by atoms with Gasteiger partial charge < -0.3 is 16.4 Å². The molecule has 3 rings (SSSR count). The van der Waals surface area contributed by atoms with Gasteiger partial charge in [-0.15, -0.1) is 0 Å². The normalized spacial score (nSPS) is 14.7. The number of primary amides is 1. The minimum Gasteiger partial charge on any atom is -0.366 e. The molecular formula is C18H21N5O2. The smallest absolute Gasteiger partial charge is 0.271 e. The van der Waals surface area contributed by atoms with E-state index in [1.807, 2.05) is 0 Å². The summed E-state index contributed by atoms with van der Waals surface area (Å²) in [6, 6.07) is 7.20. The molecule has 1 aromatic carbocycles. The van der Waals surface area contributed by atoms with E-state index in [0.29, 0.717) is 28.9 Å². The number of carbonyl (C=O) groups excluding carboxylic acids is 2. The van der Waals surface area contributed by atoms with Gasteiger partial charge in [0, 0.05) is 17.3 Å². The van der Waals surface area contributed by atoms with Crippen LogP contribution in [0.4, 0.5) is 17.3 Å². The summed E-state index contributed by atoms with van der Waals surface area (Å²) in [4.78, 5) is 31.0. The van der Waals surface area contributed by atoms with Crippen LogP contribution in [0.3, 0.4) is 0 Å². The average Bonchev–Trinajstić information content (AvgIpc) is 2.63. The van der Waals surface area contributed by atoms with E-state index in [4.69, 9.17) is 5.73 Å². The van der Waals surface area contributed by atoms with Gasteiger partial charge in [-0.1, -0.05) is 19.3 Å². The predicted octanol–water partition coefficient (Wildman–Crippen LogP) is 2.88. The molecule has 0 saturated heterocycles. The van der Waals surface area contributed by atoms with Crippen molar-refractivity contribution in [2.75, 3.05) is 10.6 Å². The van der Waals surface area contributed by atoms with Crippen LogP contribution < -0.4 is 16.4 Å². The largest absolute Gasteiger partial charge is 0.366 e. The van der Waals surface area contributed by atoms with Crippen LogP contribution >= 0.6 is 0 Å². The molecule has 7 nitrogen and oxygen atoms in total. The van der Waals surface area contributed by atoms with Crippen molar-refractivity contribution in [3.63, 3.8) is 0 Å². The number of carbonyl (C=O) groups is 2. The van der Waals surface area contributed by atoms with E-state index in [-0.39, 0.29) is 5.69 Å². The molecule has 1 aromatic heterocycles. The quantitative estimate of drug-likeness (QED) is 0.698. The van der Waals surface area contributed by atoms with Gasteiger partial charge in [-0.25, -0.2) is 9.97 Å². The zero-order valence-corrected chi connectivity index (χ0v) is 13.9. The van der Waals surface area contributed by atoms with Gasteiger partial charge in [0.2, 0.25) is 0 Å². The Hall–Kier alpha value is -2.96. The van der Waals surface area contributed by atoms with Gasteiger partial charge in [-0.05, 0) is 37.1 Å². The summed E-state index contributed by atoms with van der Waals surface area (Å²) in [7, 11) is 0. The summed E-state index contributed by atoms with van der Waals surface area (Å²) in [5, 5.41) is 6.43. The molecule has 1 heterocycles. The lowest BCUT2D eigenvalue weighted by molar-refractivity contribution is 0.0995. The van der Waals surface area contributed by atoms with Crippen LogP contribution in [0, 0.1) is 0 Å². The maximum Gasteiger partial charge on any atom is 0.271 e. The minimum absolute atomic E-state index is 0.0775. The first kappa shape index (κ1) is 16.9. The Bertz CT molecular complexity index is 755. The van der Waals surface area contributed by atoms with Crippen molar-refractivity contribution in [3.05, 3.63) is 41.7 Å². The molecule has 1 aliphatic carbocycles. The van der Waals surface area contributed by atoms with Crippen LogP contribution in [-0.4, -0.2) is 28.2 Å². The van der Waals surface area contributed by atoms with Crippen molar-refractivity contribution in [1.29, 1.82) is 0 Å². The third-order valence-corrected chi connectivity index (χ3v) is 4.27. The zero-order chi connectivity index (χ0) is 17.6. The van der Waals surface area contributed by atoms with Crippen molar-refractivity contribution in [2.24, 2.45) is 5.73 Å². The van der Waals surface area contributed by atoms with Gasteiger partial charge in [0.1, 0.15) is 12.1 Å². The number of amides is 1. The van der Waals surface area contributed by atoms with Crippen molar-refractivity contribution >= 4 is 29.5 Å². The maximum atomic E-state index is 11.6. The van der Waals surface area contributed by atoms with E-state index < -0.39 is 5.91 Å². The van der Waals surface area contributed by atoms with Gasteiger partial charge in [0.25, 0.3) is 5.91 Å². The Labute approximate surface area is 146 Å². The predicted molar refractivity (Wildman–Crippen MR) is 96.2 cm³/mol. The number of benzene rings is 1. The van der Waals surface area contributed by atoms with Crippen LogP contribution in [0.15, 0.2) is 30.5 Å². The number of anilines is 3. The molecule has 0 aliphatic heterocycles. The van der Waals surface area contributed by atoms with Gasteiger partial charge >= 0.3 is 0 Å². The average molecular weight is 339 g/mol. The molecule has 0 atom stereocenters. The van der Waals surface area contributed by atoms with Gasteiger partial charge in [0.05, 0.1) is 6.20 Å². The second-order valence-electron chi connectivity index (χ2n) is 6.16. The number of aldehydes is 1. The van der Waals surface area contributed by atoms with Crippen molar-refractivity contribution in [2.45, 2.75) is 38.1 Å². The fourth-order valence-electron chi connectivity index (χ4n) is 2.96. The number of hydrogen-bond donors (Lipinski definition) is 3. The molecule has 130 valence electrons. The number of nitrogens with two attached hydrogens (primary N) is 1. The van der Waals surface area contributed by atoms with E-state index in [2.05, 4.69) is 20.6 Å². The fourth-order valence-corrected chi connectivity index (χ4v) is 2.96. The molecule has 1 aliphatic rings. The van der Waals surface area contributed by atoms with E-state index in [1.54, 1.807) is 24.3 Å². The van der Waals surface area contributed by atoms with Crippen LogP contribution in [-0.2, 0) is 0 Å². The molecular weight excluding hydrogens is 318 g/mol. The third-order valence-electron chi connectivity index (χ3n) is 4.27. The second-order valence-corrected chi connectivity index (χ2v) is 6.16. The highest BCUT2D eigenvalue weighted by molar-refractivity contribution is 5.96. The van der Waals surface area contributed by atoms with Crippen molar-refractivity contribution < 1.29 is 9.59 Å². The number of hydrogen-bond acceptors (Lipinski definition) is 6. The van der Waals surface area contributed by atoms with E-state index in [9.17, 15) is 9.59 Å². The zero-order valence-electron chi connectivity index (χ0n) is 13.9. The van der Waals surface area contributed by atoms with Gasteiger partial charge in [-0.2, -0.15) is 0 Å². The number of aromatic nitrogens is 2. The second kappa shape index (κ2) is 7.74.